The Kier molecular flexibility index (Phi) is 6.71. The Hall–Kier alpha value is -4.84. The molecule has 188 valence electrons. The number of nitrogens with one attached hydrogen (secondary N) is 1. The van der Waals surface area contributed by atoms with Crippen LogP contribution in [0.2, 0.25) is 0 Å². The Morgan fingerprint density at radius 3 is 2.18 bits per heavy atom. The summed E-state index contributed by atoms with van der Waals surface area (Å²) in [6.07, 6.45) is 3.84. The number of ketones is 1. The summed E-state index contributed by atoms with van der Waals surface area (Å²) in [6.45, 7) is 3.17. The monoisotopic (exact) mass is 501 g/mol. The molecule has 5 rings (SSSR count). The Labute approximate surface area is 220 Å². The van der Waals surface area contributed by atoms with Crippen molar-refractivity contribution in [2.45, 2.75) is 25.8 Å². The third-order valence-corrected chi connectivity index (χ3v) is 6.84. The minimum Gasteiger partial charge on any atom is -0.478 e. The summed E-state index contributed by atoms with van der Waals surface area (Å²) in [7, 11) is 0. The van der Waals surface area contributed by atoms with Gasteiger partial charge in [-0.1, -0.05) is 60.7 Å². The number of hydrogen-bond donors (Lipinski definition) is 2. The van der Waals surface area contributed by atoms with Crippen molar-refractivity contribution >= 4 is 28.4 Å². The van der Waals surface area contributed by atoms with Crippen LogP contribution in [0.1, 0.15) is 53.0 Å². The number of aromatic carboxylic acids is 1. The van der Waals surface area contributed by atoms with Gasteiger partial charge in [0.15, 0.2) is 0 Å². The van der Waals surface area contributed by atoms with Crippen LogP contribution < -0.4 is 0 Å². The summed E-state index contributed by atoms with van der Waals surface area (Å²) in [5.74, 6) is -1.67. The van der Waals surface area contributed by atoms with Gasteiger partial charge in [-0.15, -0.1) is 0 Å². The smallest absolute Gasteiger partial charge is 0.335 e. The van der Waals surface area contributed by atoms with Crippen LogP contribution in [0.25, 0.3) is 22.0 Å². The summed E-state index contributed by atoms with van der Waals surface area (Å²) < 4.78 is 2.16. The van der Waals surface area contributed by atoms with Gasteiger partial charge in [-0.3, -0.25) is 9.78 Å². The third-order valence-electron chi connectivity index (χ3n) is 6.84. The molecule has 0 saturated carbocycles. The van der Waals surface area contributed by atoms with E-state index in [1.54, 1.807) is 25.3 Å². The van der Waals surface area contributed by atoms with E-state index in [1.165, 1.54) is 6.92 Å². The second-order valence-corrected chi connectivity index (χ2v) is 9.40. The second-order valence-electron chi connectivity index (χ2n) is 9.40. The van der Waals surface area contributed by atoms with Crippen molar-refractivity contribution in [3.63, 3.8) is 0 Å². The molecule has 38 heavy (non-hydrogen) atoms. The first kappa shape index (κ1) is 24.8. The van der Waals surface area contributed by atoms with Gasteiger partial charge in [-0.05, 0) is 60.9 Å². The van der Waals surface area contributed by atoms with E-state index < -0.39 is 11.9 Å². The highest BCUT2D eigenvalue weighted by atomic mass is 16.4. The molecular formula is C32H27N3O3. The number of rotatable bonds is 8. The summed E-state index contributed by atoms with van der Waals surface area (Å²) in [4.78, 5) is 28.6. The number of hydrogen-bond acceptors (Lipinski definition) is 4. The van der Waals surface area contributed by atoms with Crippen LogP contribution in [0.15, 0.2) is 103 Å². The number of Topliss-reactive ketones (excluding diaryl/α,β-unsaturated/α-hetero) is 1. The maximum atomic E-state index is 12.5. The zero-order chi connectivity index (χ0) is 26.8. The van der Waals surface area contributed by atoms with E-state index in [2.05, 4.69) is 22.9 Å². The number of aromatic nitrogens is 2. The maximum Gasteiger partial charge on any atom is 0.335 e. The minimum atomic E-state index is -0.972. The van der Waals surface area contributed by atoms with Crippen LogP contribution >= 0.6 is 0 Å². The lowest BCUT2D eigenvalue weighted by molar-refractivity contribution is -0.117. The number of fused-ring (bicyclic) bond motifs is 1. The first-order valence-electron chi connectivity index (χ1n) is 12.3. The molecule has 0 amide bonds. The normalized spacial score (nSPS) is 12.7. The van der Waals surface area contributed by atoms with Crippen LogP contribution in [-0.2, 0) is 4.79 Å². The second kappa shape index (κ2) is 10.3. The van der Waals surface area contributed by atoms with E-state index in [9.17, 15) is 14.7 Å². The standard InChI is InChI=1S/C32H27N3O3/c1-20(33)30(21(2)36)25-15-16-26-27(22-11-13-24(14-12-22)32(37)38)19-35(29(26)18-25)31(23-8-4-3-5-9-23)28-10-6-7-17-34-28/h3-19,30-31,33H,1-2H3,(H,37,38). The summed E-state index contributed by atoms with van der Waals surface area (Å²) in [5.41, 5.74) is 5.90. The highest BCUT2D eigenvalue weighted by molar-refractivity contribution is 6.08. The van der Waals surface area contributed by atoms with E-state index in [-0.39, 0.29) is 17.4 Å². The quantitative estimate of drug-likeness (QED) is 0.230. The van der Waals surface area contributed by atoms with Gasteiger partial charge >= 0.3 is 5.97 Å². The fraction of sp³-hybridized carbons (Fsp3) is 0.125. The zero-order valence-electron chi connectivity index (χ0n) is 21.1. The van der Waals surface area contributed by atoms with E-state index in [0.717, 1.165) is 38.9 Å². The molecule has 0 saturated heterocycles. The van der Waals surface area contributed by atoms with E-state index in [0.29, 0.717) is 5.71 Å². The fourth-order valence-electron chi connectivity index (χ4n) is 5.12. The topological polar surface area (TPSA) is 96.0 Å². The minimum absolute atomic E-state index is 0.0798. The van der Waals surface area contributed by atoms with Crippen LogP contribution in [0, 0.1) is 5.41 Å². The Morgan fingerprint density at radius 2 is 1.58 bits per heavy atom. The van der Waals surface area contributed by atoms with Gasteiger partial charge in [-0.2, -0.15) is 0 Å². The number of carboxylic acids is 1. The van der Waals surface area contributed by atoms with Crippen molar-refractivity contribution in [1.82, 2.24) is 9.55 Å². The molecule has 2 unspecified atom stereocenters. The first-order valence-corrected chi connectivity index (χ1v) is 12.3. The Morgan fingerprint density at radius 1 is 0.868 bits per heavy atom. The average Bonchev–Trinajstić information content (AvgIpc) is 3.28. The van der Waals surface area contributed by atoms with Crippen molar-refractivity contribution < 1.29 is 14.7 Å². The molecule has 0 aliphatic carbocycles. The molecule has 6 heteroatoms. The molecule has 0 fully saturated rings. The third kappa shape index (κ3) is 4.64. The lowest BCUT2D eigenvalue weighted by Crippen LogP contribution is -2.17. The van der Waals surface area contributed by atoms with Crippen molar-refractivity contribution in [3.05, 3.63) is 126 Å². The molecule has 0 spiro atoms. The van der Waals surface area contributed by atoms with Gasteiger partial charge in [0.1, 0.15) is 11.8 Å². The molecular weight excluding hydrogens is 474 g/mol. The number of pyridine rings is 1. The number of nitrogens with zero attached hydrogens (tertiary/aromatic N) is 2. The molecule has 0 radical (unpaired) electrons. The van der Waals surface area contributed by atoms with E-state index in [1.807, 2.05) is 66.7 Å². The molecule has 2 aromatic heterocycles. The van der Waals surface area contributed by atoms with Gasteiger partial charge in [0.05, 0.1) is 17.2 Å². The number of carbonyl (C=O) groups is 2. The van der Waals surface area contributed by atoms with Gasteiger partial charge in [0.25, 0.3) is 0 Å². The molecule has 2 heterocycles. The van der Waals surface area contributed by atoms with Gasteiger partial charge in [0, 0.05) is 34.6 Å². The molecule has 0 bridgehead atoms. The molecule has 0 aliphatic heterocycles. The number of benzene rings is 3. The van der Waals surface area contributed by atoms with Crippen molar-refractivity contribution in [3.8, 4) is 11.1 Å². The summed E-state index contributed by atoms with van der Waals surface area (Å²) in [5, 5.41) is 18.6. The molecule has 0 aliphatic rings. The lowest BCUT2D eigenvalue weighted by atomic mass is 9.90. The molecule has 2 atom stereocenters. The predicted molar refractivity (Wildman–Crippen MR) is 149 cm³/mol. The molecule has 5 aromatic rings. The zero-order valence-corrected chi connectivity index (χ0v) is 21.1. The molecule has 3 aromatic carbocycles. The number of carboxylic acid groups (broad SMARTS) is 1. The SMILES string of the molecule is CC(=N)C(C(C)=O)c1ccc2c(-c3ccc(C(=O)O)cc3)cn(C(c3ccccc3)c3ccccn3)c2c1. The van der Waals surface area contributed by atoms with Crippen LogP contribution in [0.5, 0.6) is 0 Å². The summed E-state index contributed by atoms with van der Waals surface area (Å²) in [6, 6.07) is 28.4. The predicted octanol–water partition coefficient (Wildman–Crippen LogP) is 6.75. The van der Waals surface area contributed by atoms with Crippen molar-refractivity contribution in [1.29, 1.82) is 5.41 Å². The van der Waals surface area contributed by atoms with Gasteiger partial charge < -0.3 is 15.1 Å². The average molecular weight is 502 g/mol. The van der Waals surface area contributed by atoms with Crippen LogP contribution in [0.3, 0.4) is 0 Å². The van der Waals surface area contributed by atoms with Gasteiger partial charge in [-0.25, -0.2) is 4.79 Å². The van der Waals surface area contributed by atoms with Crippen LogP contribution in [0.4, 0.5) is 0 Å². The molecule has 2 N–H and O–H groups in total. The van der Waals surface area contributed by atoms with Crippen LogP contribution in [-0.4, -0.2) is 32.1 Å². The highest BCUT2D eigenvalue weighted by Crippen LogP contribution is 2.38. The molecule has 6 nitrogen and oxygen atoms in total. The fourth-order valence-corrected chi connectivity index (χ4v) is 5.12. The lowest BCUT2D eigenvalue weighted by Gasteiger charge is -2.21. The Balaban J connectivity index is 1.80. The number of carbonyl (C=O) groups excluding carboxylic acids is 1. The highest BCUT2D eigenvalue weighted by Gasteiger charge is 2.25. The van der Waals surface area contributed by atoms with Crippen molar-refractivity contribution in [2.75, 3.05) is 0 Å². The van der Waals surface area contributed by atoms with Gasteiger partial charge in [0.2, 0.25) is 0 Å². The maximum absolute atomic E-state index is 12.5. The summed E-state index contributed by atoms with van der Waals surface area (Å²) >= 11 is 0. The first-order chi connectivity index (χ1) is 18.3. The van der Waals surface area contributed by atoms with E-state index in [4.69, 9.17) is 10.4 Å². The van der Waals surface area contributed by atoms with Crippen molar-refractivity contribution in [2.24, 2.45) is 0 Å². The van der Waals surface area contributed by atoms with E-state index >= 15 is 0 Å². The largest absolute Gasteiger partial charge is 0.478 e. The Bertz CT molecular complexity index is 1590.